The summed E-state index contributed by atoms with van der Waals surface area (Å²) < 4.78 is 0. The van der Waals surface area contributed by atoms with E-state index in [1.807, 2.05) is 6.08 Å². The number of unbranched alkanes of at least 4 members (excludes halogenated alkanes) is 1. The van der Waals surface area contributed by atoms with Gasteiger partial charge in [0.1, 0.15) is 0 Å². The third-order valence-electron chi connectivity index (χ3n) is 3.33. The Balaban J connectivity index is 1.97. The van der Waals surface area contributed by atoms with E-state index in [0.29, 0.717) is 11.8 Å². The van der Waals surface area contributed by atoms with Crippen molar-refractivity contribution in [3.63, 3.8) is 0 Å². The zero-order chi connectivity index (χ0) is 10.7. The molecule has 0 aromatic carbocycles. The van der Waals surface area contributed by atoms with Crippen molar-refractivity contribution in [3.8, 4) is 0 Å². The van der Waals surface area contributed by atoms with Gasteiger partial charge >= 0.3 is 0 Å². The molecule has 0 aromatic rings. The van der Waals surface area contributed by atoms with Crippen LogP contribution in [0.25, 0.3) is 0 Å². The van der Waals surface area contributed by atoms with Gasteiger partial charge in [-0.25, -0.2) is 0 Å². The first-order valence-electron chi connectivity index (χ1n) is 5.87. The van der Waals surface area contributed by atoms with Gasteiger partial charge in [-0.05, 0) is 32.1 Å². The fourth-order valence-corrected chi connectivity index (χ4v) is 2.79. The molecule has 0 aromatic heterocycles. The Morgan fingerprint density at radius 2 is 2.33 bits per heavy atom. The standard InChI is InChI=1S/C12H18ClNO/c13-6-2-1-4-10-8-12(15)9-11-5-3-7-14(10)11/h8,11H,1-7,9H2/t11-/m0/s1. The van der Waals surface area contributed by atoms with Crippen molar-refractivity contribution in [1.29, 1.82) is 0 Å². The van der Waals surface area contributed by atoms with E-state index in [1.54, 1.807) is 0 Å². The topological polar surface area (TPSA) is 20.3 Å². The molecule has 84 valence electrons. The number of nitrogens with zero attached hydrogens (tertiary/aromatic N) is 1. The van der Waals surface area contributed by atoms with E-state index in [2.05, 4.69) is 4.90 Å². The van der Waals surface area contributed by atoms with Gasteiger partial charge in [0.15, 0.2) is 5.78 Å². The van der Waals surface area contributed by atoms with Crippen LogP contribution in [0.2, 0.25) is 0 Å². The number of hydrogen-bond acceptors (Lipinski definition) is 2. The Morgan fingerprint density at radius 1 is 1.47 bits per heavy atom. The summed E-state index contributed by atoms with van der Waals surface area (Å²) in [4.78, 5) is 14.0. The SMILES string of the molecule is O=C1C=C(CCCCCl)N2CCC[C@H]2C1. The highest BCUT2D eigenvalue weighted by Gasteiger charge is 2.31. The third kappa shape index (κ3) is 2.54. The Kier molecular flexibility index (Phi) is 3.68. The normalized spacial score (nSPS) is 25.4. The Bertz CT molecular complexity index is 275. The first-order chi connectivity index (χ1) is 7.31. The van der Waals surface area contributed by atoms with Gasteiger partial charge < -0.3 is 4.90 Å². The van der Waals surface area contributed by atoms with Crippen LogP contribution < -0.4 is 0 Å². The lowest BCUT2D eigenvalue weighted by Crippen LogP contribution is -2.34. The largest absolute Gasteiger partial charge is 0.371 e. The highest BCUT2D eigenvalue weighted by atomic mass is 35.5. The Labute approximate surface area is 96.3 Å². The smallest absolute Gasteiger partial charge is 0.159 e. The van der Waals surface area contributed by atoms with Gasteiger partial charge in [0.2, 0.25) is 0 Å². The summed E-state index contributed by atoms with van der Waals surface area (Å²) in [7, 11) is 0. The maximum absolute atomic E-state index is 11.5. The lowest BCUT2D eigenvalue weighted by Gasteiger charge is -2.32. The van der Waals surface area contributed by atoms with Crippen LogP contribution in [0.5, 0.6) is 0 Å². The molecular weight excluding hydrogens is 210 g/mol. The molecular formula is C12H18ClNO. The molecule has 2 rings (SSSR count). The fraction of sp³-hybridized carbons (Fsp3) is 0.750. The zero-order valence-electron chi connectivity index (χ0n) is 9.04. The van der Waals surface area contributed by atoms with Gasteiger partial charge in [-0.3, -0.25) is 4.79 Å². The van der Waals surface area contributed by atoms with Crippen LogP contribution in [-0.2, 0) is 4.79 Å². The van der Waals surface area contributed by atoms with Crippen molar-refractivity contribution in [2.45, 2.75) is 44.6 Å². The van der Waals surface area contributed by atoms with Gasteiger partial charge in [0.05, 0.1) is 0 Å². The van der Waals surface area contributed by atoms with E-state index in [0.717, 1.165) is 38.1 Å². The molecule has 1 saturated heterocycles. The van der Waals surface area contributed by atoms with Crippen molar-refractivity contribution in [2.75, 3.05) is 12.4 Å². The number of halogens is 1. The van der Waals surface area contributed by atoms with Crippen molar-refractivity contribution in [2.24, 2.45) is 0 Å². The number of rotatable bonds is 4. The second-order valence-electron chi connectivity index (χ2n) is 4.44. The Morgan fingerprint density at radius 3 is 3.13 bits per heavy atom. The molecule has 15 heavy (non-hydrogen) atoms. The van der Waals surface area contributed by atoms with E-state index in [9.17, 15) is 4.79 Å². The van der Waals surface area contributed by atoms with Crippen molar-refractivity contribution in [3.05, 3.63) is 11.8 Å². The maximum Gasteiger partial charge on any atom is 0.159 e. The van der Waals surface area contributed by atoms with Crippen LogP contribution in [0, 0.1) is 0 Å². The summed E-state index contributed by atoms with van der Waals surface area (Å²) in [6, 6.07) is 0.508. The molecule has 2 aliphatic rings. The molecule has 0 N–H and O–H groups in total. The minimum atomic E-state index is 0.319. The molecule has 0 radical (unpaired) electrons. The lowest BCUT2D eigenvalue weighted by atomic mass is 10.0. The van der Waals surface area contributed by atoms with Crippen LogP contribution in [0.15, 0.2) is 11.8 Å². The summed E-state index contributed by atoms with van der Waals surface area (Å²) in [5.41, 5.74) is 1.26. The van der Waals surface area contributed by atoms with Gasteiger partial charge in [-0.2, -0.15) is 0 Å². The van der Waals surface area contributed by atoms with Crippen LogP contribution >= 0.6 is 11.6 Å². The predicted molar refractivity (Wildman–Crippen MR) is 62.0 cm³/mol. The third-order valence-corrected chi connectivity index (χ3v) is 3.59. The lowest BCUT2D eigenvalue weighted by molar-refractivity contribution is -0.116. The molecule has 2 aliphatic heterocycles. The minimum absolute atomic E-state index is 0.319. The summed E-state index contributed by atoms with van der Waals surface area (Å²) in [5, 5.41) is 0. The molecule has 0 aliphatic carbocycles. The maximum atomic E-state index is 11.5. The first kappa shape index (κ1) is 11.0. The van der Waals surface area contributed by atoms with Crippen LogP contribution in [0.4, 0.5) is 0 Å². The molecule has 0 unspecified atom stereocenters. The van der Waals surface area contributed by atoms with Crippen molar-refractivity contribution < 1.29 is 4.79 Å². The average molecular weight is 228 g/mol. The number of alkyl halides is 1. The zero-order valence-corrected chi connectivity index (χ0v) is 9.80. The average Bonchev–Trinajstić information content (AvgIpc) is 2.65. The molecule has 1 fully saturated rings. The molecule has 1 atom stereocenters. The van der Waals surface area contributed by atoms with Crippen LogP contribution in [0.1, 0.15) is 38.5 Å². The minimum Gasteiger partial charge on any atom is -0.371 e. The van der Waals surface area contributed by atoms with Crippen molar-refractivity contribution >= 4 is 17.4 Å². The second-order valence-corrected chi connectivity index (χ2v) is 4.82. The summed E-state index contributed by atoms with van der Waals surface area (Å²) in [6.45, 7) is 1.14. The van der Waals surface area contributed by atoms with Crippen LogP contribution in [-0.4, -0.2) is 29.1 Å². The van der Waals surface area contributed by atoms with E-state index in [4.69, 9.17) is 11.6 Å². The van der Waals surface area contributed by atoms with Gasteiger partial charge in [0.25, 0.3) is 0 Å². The van der Waals surface area contributed by atoms with Crippen LogP contribution in [0.3, 0.4) is 0 Å². The molecule has 0 saturated carbocycles. The molecule has 0 bridgehead atoms. The number of carbonyl (C=O) groups excluding carboxylic acids is 1. The summed E-state index contributed by atoms with van der Waals surface area (Å²) in [6.07, 6.45) is 8.20. The van der Waals surface area contributed by atoms with Gasteiger partial charge in [0, 0.05) is 36.7 Å². The number of carbonyl (C=O) groups is 1. The fourth-order valence-electron chi connectivity index (χ4n) is 2.60. The van der Waals surface area contributed by atoms with E-state index < -0.39 is 0 Å². The number of allylic oxidation sites excluding steroid dienone is 2. The molecule has 3 heteroatoms. The van der Waals surface area contributed by atoms with E-state index >= 15 is 0 Å². The predicted octanol–water partition coefficient (Wildman–Crippen LogP) is 2.72. The summed E-state index contributed by atoms with van der Waals surface area (Å²) >= 11 is 5.66. The quantitative estimate of drug-likeness (QED) is 0.544. The molecule has 0 spiro atoms. The highest BCUT2D eigenvalue weighted by Crippen LogP contribution is 2.30. The second kappa shape index (κ2) is 5.02. The van der Waals surface area contributed by atoms with Crippen molar-refractivity contribution in [1.82, 2.24) is 4.90 Å². The van der Waals surface area contributed by atoms with Gasteiger partial charge in [-0.15, -0.1) is 11.6 Å². The molecule has 0 amide bonds. The Hall–Kier alpha value is -0.500. The number of fused-ring (bicyclic) bond motifs is 1. The van der Waals surface area contributed by atoms with E-state index in [1.165, 1.54) is 18.5 Å². The van der Waals surface area contributed by atoms with Gasteiger partial charge in [-0.1, -0.05) is 0 Å². The molecule has 2 nitrogen and oxygen atoms in total. The highest BCUT2D eigenvalue weighted by molar-refractivity contribution is 6.17. The van der Waals surface area contributed by atoms with E-state index in [-0.39, 0.29) is 0 Å². The first-order valence-corrected chi connectivity index (χ1v) is 6.40. The summed E-state index contributed by atoms with van der Waals surface area (Å²) in [5.74, 6) is 1.05. The molecule has 2 heterocycles. The monoisotopic (exact) mass is 227 g/mol. The number of ketones is 1. The number of hydrogen-bond donors (Lipinski definition) is 0.